The molecule has 0 aliphatic heterocycles. The molecule has 3 nitrogen and oxygen atoms in total. The van der Waals surface area contributed by atoms with Gasteiger partial charge in [0.25, 0.3) is 6.43 Å². The quantitative estimate of drug-likeness (QED) is 0.814. The van der Waals surface area contributed by atoms with Crippen molar-refractivity contribution in [3.63, 3.8) is 0 Å². The van der Waals surface area contributed by atoms with E-state index < -0.39 is 6.43 Å². The molecule has 1 aromatic heterocycles. The average Bonchev–Trinajstić information content (AvgIpc) is 2.36. The largest absolute Gasteiger partial charge is 0.316 e. The molecule has 0 aliphatic rings. The number of nitrogens with zero attached hydrogens (tertiary/aromatic N) is 2. The van der Waals surface area contributed by atoms with Gasteiger partial charge < -0.3 is 5.32 Å². The Balaban J connectivity index is 0.00000144. The fourth-order valence-corrected chi connectivity index (χ4v) is 0.943. The monoisotopic (exact) mass is 211 g/mol. The lowest BCUT2D eigenvalue weighted by Gasteiger charge is -1.97. The zero-order chi connectivity index (χ0) is 8.97. The van der Waals surface area contributed by atoms with Crippen molar-refractivity contribution in [2.75, 3.05) is 7.05 Å². The first-order valence-corrected chi connectivity index (χ1v) is 3.66. The molecule has 6 heteroatoms. The minimum atomic E-state index is -2.34. The maximum Gasteiger partial charge on any atom is 0.257 e. The second kappa shape index (κ2) is 5.88. The van der Waals surface area contributed by atoms with Crippen molar-refractivity contribution in [1.82, 2.24) is 15.1 Å². The zero-order valence-corrected chi connectivity index (χ0v) is 8.02. The fourth-order valence-electron chi connectivity index (χ4n) is 0.943. The summed E-state index contributed by atoms with van der Waals surface area (Å²) in [6.07, 6.45) is 0.856. The molecule has 0 amide bonds. The van der Waals surface area contributed by atoms with Gasteiger partial charge in [0.1, 0.15) is 6.54 Å². The Morgan fingerprint density at radius 1 is 1.62 bits per heavy atom. The summed E-state index contributed by atoms with van der Waals surface area (Å²) >= 11 is 0. The van der Waals surface area contributed by atoms with E-state index in [2.05, 4.69) is 10.4 Å². The smallest absolute Gasteiger partial charge is 0.257 e. The van der Waals surface area contributed by atoms with E-state index in [0.717, 1.165) is 5.56 Å². The van der Waals surface area contributed by atoms with Crippen molar-refractivity contribution in [2.45, 2.75) is 19.5 Å². The van der Waals surface area contributed by atoms with Gasteiger partial charge in [0, 0.05) is 18.3 Å². The van der Waals surface area contributed by atoms with Gasteiger partial charge in [0.05, 0.1) is 6.20 Å². The predicted molar refractivity (Wildman–Crippen MR) is 48.2 cm³/mol. The topological polar surface area (TPSA) is 29.9 Å². The van der Waals surface area contributed by atoms with Crippen LogP contribution in [0.5, 0.6) is 0 Å². The van der Waals surface area contributed by atoms with E-state index in [1.54, 1.807) is 19.4 Å². The molecule has 0 aromatic carbocycles. The highest BCUT2D eigenvalue weighted by Crippen LogP contribution is 2.00. The summed E-state index contributed by atoms with van der Waals surface area (Å²) in [5.41, 5.74) is 0.915. The number of aromatic nitrogens is 2. The number of hydrogen-bond donors (Lipinski definition) is 1. The summed E-state index contributed by atoms with van der Waals surface area (Å²) in [6.45, 7) is 0.326. The molecule has 0 unspecified atom stereocenters. The van der Waals surface area contributed by atoms with E-state index in [4.69, 9.17) is 0 Å². The van der Waals surface area contributed by atoms with Crippen molar-refractivity contribution in [2.24, 2.45) is 0 Å². The highest BCUT2D eigenvalue weighted by molar-refractivity contribution is 5.85. The van der Waals surface area contributed by atoms with E-state index in [-0.39, 0.29) is 19.0 Å². The molecule has 0 saturated heterocycles. The molecule has 1 heterocycles. The number of halogens is 3. The highest BCUT2D eigenvalue weighted by atomic mass is 35.5. The van der Waals surface area contributed by atoms with Gasteiger partial charge in [-0.2, -0.15) is 5.10 Å². The third kappa shape index (κ3) is 4.19. The van der Waals surface area contributed by atoms with Gasteiger partial charge in [-0.1, -0.05) is 0 Å². The van der Waals surface area contributed by atoms with Crippen LogP contribution in [-0.2, 0) is 13.1 Å². The molecule has 0 atom stereocenters. The van der Waals surface area contributed by atoms with E-state index >= 15 is 0 Å². The first-order chi connectivity index (χ1) is 5.72. The van der Waals surface area contributed by atoms with Gasteiger partial charge in [-0.3, -0.25) is 4.68 Å². The predicted octanol–water partition coefficient (Wildman–Crippen LogP) is 1.29. The van der Waals surface area contributed by atoms with Crippen LogP contribution in [0.15, 0.2) is 12.4 Å². The Morgan fingerprint density at radius 3 is 2.85 bits per heavy atom. The van der Waals surface area contributed by atoms with Gasteiger partial charge in [0.2, 0.25) is 0 Å². The molecular weight excluding hydrogens is 200 g/mol. The van der Waals surface area contributed by atoms with Crippen LogP contribution in [0.1, 0.15) is 5.56 Å². The molecule has 1 aromatic rings. The Bertz CT molecular complexity index is 239. The number of alkyl halides is 2. The first-order valence-electron chi connectivity index (χ1n) is 3.66. The first kappa shape index (κ1) is 12.3. The second-order valence-corrected chi connectivity index (χ2v) is 2.49. The second-order valence-electron chi connectivity index (χ2n) is 2.49. The summed E-state index contributed by atoms with van der Waals surface area (Å²) in [5.74, 6) is 0. The Hall–Kier alpha value is -0.680. The zero-order valence-electron chi connectivity index (χ0n) is 7.20. The third-order valence-electron chi connectivity index (χ3n) is 1.39. The van der Waals surface area contributed by atoms with Crippen LogP contribution in [0.3, 0.4) is 0 Å². The lowest BCUT2D eigenvalue weighted by molar-refractivity contribution is 0.122. The van der Waals surface area contributed by atoms with Gasteiger partial charge in [0.15, 0.2) is 0 Å². The lowest BCUT2D eigenvalue weighted by atomic mass is 10.4. The minimum absolute atomic E-state index is 0. The van der Waals surface area contributed by atoms with Crippen LogP contribution in [0.4, 0.5) is 8.78 Å². The number of nitrogens with one attached hydrogen (secondary N) is 1. The molecule has 1 rings (SSSR count). The minimum Gasteiger partial charge on any atom is -0.316 e. The van der Waals surface area contributed by atoms with Gasteiger partial charge in [-0.25, -0.2) is 8.78 Å². The maximum absolute atomic E-state index is 11.8. The van der Waals surface area contributed by atoms with Crippen molar-refractivity contribution in [3.05, 3.63) is 18.0 Å². The maximum atomic E-state index is 11.8. The van der Waals surface area contributed by atoms with Crippen molar-refractivity contribution >= 4 is 12.4 Å². The Kier molecular flexibility index (Phi) is 5.57. The SMILES string of the molecule is CNCc1cnn(CC(F)F)c1.Cl. The Morgan fingerprint density at radius 2 is 2.31 bits per heavy atom. The highest BCUT2D eigenvalue weighted by Gasteiger charge is 2.04. The van der Waals surface area contributed by atoms with Crippen molar-refractivity contribution in [1.29, 1.82) is 0 Å². The van der Waals surface area contributed by atoms with E-state index in [9.17, 15) is 8.78 Å². The van der Waals surface area contributed by atoms with E-state index in [0.29, 0.717) is 6.54 Å². The summed E-state index contributed by atoms with van der Waals surface area (Å²) in [4.78, 5) is 0. The molecule has 0 spiro atoms. The van der Waals surface area contributed by atoms with Crippen LogP contribution >= 0.6 is 12.4 Å². The normalized spacial score (nSPS) is 10.2. The Labute approximate surface area is 81.5 Å². The molecule has 0 bridgehead atoms. The molecule has 0 radical (unpaired) electrons. The molecule has 76 valence electrons. The summed E-state index contributed by atoms with van der Waals surface area (Å²) < 4.78 is 24.9. The van der Waals surface area contributed by atoms with Gasteiger partial charge >= 0.3 is 0 Å². The lowest BCUT2D eigenvalue weighted by Crippen LogP contribution is -2.07. The third-order valence-corrected chi connectivity index (χ3v) is 1.39. The molecule has 0 aliphatic carbocycles. The summed E-state index contributed by atoms with van der Waals surface area (Å²) in [7, 11) is 1.80. The number of hydrogen-bond acceptors (Lipinski definition) is 2. The molecule has 1 N–H and O–H groups in total. The number of rotatable bonds is 4. The molecule has 13 heavy (non-hydrogen) atoms. The standard InChI is InChI=1S/C7H11F2N3.ClH/c1-10-2-6-3-11-12(4-6)5-7(8)9;/h3-4,7,10H,2,5H2,1H3;1H. The van der Waals surface area contributed by atoms with Crippen LogP contribution < -0.4 is 5.32 Å². The van der Waals surface area contributed by atoms with Crippen molar-refractivity contribution in [3.8, 4) is 0 Å². The van der Waals surface area contributed by atoms with Crippen molar-refractivity contribution < 1.29 is 8.78 Å². The van der Waals surface area contributed by atoms with Gasteiger partial charge in [-0.05, 0) is 7.05 Å². The summed E-state index contributed by atoms with van der Waals surface area (Å²) in [6, 6.07) is 0. The summed E-state index contributed by atoms with van der Waals surface area (Å²) in [5, 5.41) is 6.68. The molecular formula is C7H12ClF2N3. The molecule has 0 fully saturated rings. The van der Waals surface area contributed by atoms with Crippen LogP contribution in [-0.4, -0.2) is 23.3 Å². The van der Waals surface area contributed by atoms with Crippen LogP contribution in [0.25, 0.3) is 0 Å². The van der Waals surface area contributed by atoms with E-state index in [1.165, 1.54) is 4.68 Å². The molecule has 0 saturated carbocycles. The van der Waals surface area contributed by atoms with Crippen LogP contribution in [0, 0.1) is 0 Å². The average molecular weight is 212 g/mol. The van der Waals surface area contributed by atoms with E-state index in [1.807, 2.05) is 0 Å². The van der Waals surface area contributed by atoms with Gasteiger partial charge in [-0.15, -0.1) is 12.4 Å². The fraction of sp³-hybridized carbons (Fsp3) is 0.571. The van der Waals surface area contributed by atoms with Crippen LogP contribution in [0.2, 0.25) is 0 Å².